The second-order valence-corrected chi connectivity index (χ2v) is 9.01. The molecule has 0 nitrogen and oxygen atoms in total. The predicted molar refractivity (Wildman–Crippen MR) is 58.9 cm³/mol. The maximum atomic E-state index is 4.00. The fraction of sp³-hybridized carbons (Fsp3) is 0.455. The fourth-order valence-corrected chi connectivity index (χ4v) is 4.77. The van der Waals surface area contributed by atoms with E-state index >= 15 is 0 Å². The highest BCUT2D eigenvalue weighted by atomic mass is 28.3. The highest BCUT2D eigenvalue weighted by molar-refractivity contribution is 6.85. The Hall–Kier alpha value is -0.563. The molecule has 0 aliphatic heterocycles. The van der Waals surface area contributed by atoms with Crippen LogP contribution in [0.25, 0.3) is 0 Å². The summed E-state index contributed by atoms with van der Waals surface area (Å²) < 4.78 is 0. The molecule has 0 heterocycles. The van der Waals surface area contributed by atoms with Gasteiger partial charge in [0, 0.05) is 0 Å². The number of rotatable bonds is 3. The molecule has 1 aliphatic carbocycles. The lowest BCUT2D eigenvalue weighted by Gasteiger charge is -2.22. The maximum absolute atomic E-state index is 4.00. The SMILES string of the molecule is C=C(C)C[Si](C)(C)C1=CCC=C1. The normalized spacial score (nSPS) is 16.4. The summed E-state index contributed by atoms with van der Waals surface area (Å²) in [6.45, 7) is 11.0. The van der Waals surface area contributed by atoms with Gasteiger partial charge in [-0.2, -0.15) is 0 Å². The third kappa shape index (κ3) is 2.21. The Morgan fingerprint density at radius 3 is 2.67 bits per heavy atom. The van der Waals surface area contributed by atoms with E-state index in [4.69, 9.17) is 0 Å². The van der Waals surface area contributed by atoms with Crippen molar-refractivity contribution in [2.45, 2.75) is 32.5 Å². The van der Waals surface area contributed by atoms with Crippen LogP contribution in [0.15, 0.2) is 35.6 Å². The monoisotopic (exact) mass is 178 g/mol. The van der Waals surface area contributed by atoms with Crippen molar-refractivity contribution in [3.63, 3.8) is 0 Å². The molecule has 0 saturated heterocycles. The molecule has 0 bridgehead atoms. The minimum Gasteiger partial charge on any atom is -0.100 e. The fourth-order valence-electron chi connectivity index (χ4n) is 1.82. The van der Waals surface area contributed by atoms with Crippen molar-refractivity contribution < 1.29 is 0 Å². The largest absolute Gasteiger partial charge is 0.100 e. The highest BCUT2D eigenvalue weighted by Crippen LogP contribution is 2.27. The molecule has 0 unspecified atom stereocenters. The lowest BCUT2D eigenvalue weighted by molar-refractivity contribution is 1.33. The molecule has 0 spiro atoms. The van der Waals surface area contributed by atoms with Crippen LogP contribution in [0.1, 0.15) is 13.3 Å². The van der Waals surface area contributed by atoms with Gasteiger partial charge in [0.25, 0.3) is 0 Å². The lowest BCUT2D eigenvalue weighted by Crippen LogP contribution is -2.27. The molecule has 0 atom stereocenters. The zero-order valence-corrected chi connectivity index (χ0v) is 9.35. The Morgan fingerprint density at radius 2 is 2.25 bits per heavy atom. The minimum absolute atomic E-state index is 1.14. The molecule has 1 heteroatoms. The van der Waals surface area contributed by atoms with E-state index in [1.807, 2.05) is 0 Å². The standard InChI is InChI=1S/C11H18Si/c1-10(2)9-12(3,4)11-7-5-6-8-11/h5,7-8H,1,6,9H2,2-4H3. The summed E-state index contributed by atoms with van der Waals surface area (Å²) in [5, 5.41) is 1.60. The van der Waals surface area contributed by atoms with E-state index in [-0.39, 0.29) is 0 Å². The molecule has 12 heavy (non-hydrogen) atoms. The first-order valence-corrected chi connectivity index (χ1v) is 7.74. The van der Waals surface area contributed by atoms with E-state index < -0.39 is 8.07 Å². The van der Waals surface area contributed by atoms with Crippen LogP contribution in [0.3, 0.4) is 0 Å². The summed E-state index contributed by atoms with van der Waals surface area (Å²) in [7, 11) is -1.16. The van der Waals surface area contributed by atoms with E-state index in [9.17, 15) is 0 Å². The van der Waals surface area contributed by atoms with Gasteiger partial charge in [0.1, 0.15) is 0 Å². The van der Waals surface area contributed by atoms with Crippen molar-refractivity contribution in [1.82, 2.24) is 0 Å². The molecule has 1 aliphatic rings. The van der Waals surface area contributed by atoms with Crippen molar-refractivity contribution in [2.75, 3.05) is 0 Å². The molecule has 0 aromatic heterocycles. The van der Waals surface area contributed by atoms with Gasteiger partial charge in [-0.05, 0) is 19.4 Å². The van der Waals surface area contributed by atoms with Gasteiger partial charge in [0.15, 0.2) is 0 Å². The van der Waals surface area contributed by atoms with Crippen LogP contribution in [-0.4, -0.2) is 8.07 Å². The summed E-state index contributed by atoms with van der Waals surface area (Å²) in [5.74, 6) is 0. The Kier molecular flexibility index (Phi) is 2.73. The van der Waals surface area contributed by atoms with Crippen molar-refractivity contribution in [3.8, 4) is 0 Å². The zero-order valence-electron chi connectivity index (χ0n) is 8.35. The Labute approximate surface area is 76.7 Å². The minimum atomic E-state index is -1.16. The van der Waals surface area contributed by atoms with Gasteiger partial charge in [-0.15, -0.1) is 6.58 Å². The van der Waals surface area contributed by atoms with Crippen molar-refractivity contribution in [3.05, 3.63) is 35.6 Å². The molecule has 0 radical (unpaired) electrons. The first-order valence-electron chi connectivity index (χ1n) is 4.54. The van der Waals surface area contributed by atoms with Gasteiger partial charge < -0.3 is 0 Å². The van der Waals surface area contributed by atoms with E-state index in [0.717, 1.165) is 6.42 Å². The zero-order chi connectivity index (χ0) is 9.19. The van der Waals surface area contributed by atoms with E-state index in [0.29, 0.717) is 0 Å². The van der Waals surface area contributed by atoms with Crippen LogP contribution < -0.4 is 0 Å². The van der Waals surface area contributed by atoms with E-state index in [1.54, 1.807) is 5.20 Å². The molecular weight excluding hydrogens is 160 g/mol. The molecule has 0 fully saturated rings. The number of allylic oxidation sites excluding steroid dienone is 5. The van der Waals surface area contributed by atoms with Crippen LogP contribution in [0.4, 0.5) is 0 Å². The average molecular weight is 178 g/mol. The van der Waals surface area contributed by atoms with Crippen LogP contribution in [0.5, 0.6) is 0 Å². The molecule has 0 saturated carbocycles. The van der Waals surface area contributed by atoms with Crippen molar-refractivity contribution >= 4 is 8.07 Å². The number of hydrogen-bond donors (Lipinski definition) is 0. The Morgan fingerprint density at radius 1 is 1.58 bits per heavy atom. The topological polar surface area (TPSA) is 0 Å². The molecule has 0 N–H and O–H groups in total. The lowest BCUT2D eigenvalue weighted by atomic mass is 10.4. The van der Waals surface area contributed by atoms with Gasteiger partial charge in [-0.3, -0.25) is 0 Å². The second kappa shape index (κ2) is 3.44. The van der Waals surface area contributed by atoms with Crippen LogP contribution in [-0.2, 0) is 0 Å². The third-order valence-electron chi connectivity index (χ3n) is 2.30. The summed E-state index contributed by atoms with van der Waals surface area (Å²) >= 11 is 0. The summed E-state index contributed by atoms with van der Waals surface area (Å²) in [5.41, 5.74) is 1.33. The summed E-state index contributed by atoms with van der Waals surface area (Å²) in [4.78, 5) is 0. The molecule has 66 valence electrons. The smallest absolute Gasteiger partial charge is 0.0841 e. The number of hydrogen-bond acceptors (Lipinski definition) is 0. The molecule has 0 aromatic carbocycles. The van der Waals surface area contributed by atoms with Gasteiger partial charge in [0.2, 0.25) is 0 Å². The maximum Gasteiger partial charge on any atom is 0.0841 e. The van der Waals surface area contributed by atoms with Gasteiger partial charge in [-0.25, -0.2) is 0 Å². The van der Waals surface area contributed by atoms with Crippen molar-refractivity contribution in [2.24, 2.45) is 0 Å². The first kappa shape index (κ1) is 9.52. The first-order chi connectivity index (χ1) is 5.52. The highest BCUT2D eigenvalue weighted by Gasteiger charge is 2.24. The Bertz CT molecular complexity index is 244. The van der Waals surface area contributed by atoms with Gasteiger partial charge in [0.05, 0.1) is 8.07 Å². The van der Waals surface area contributed by atoms with E-state index in [1.165, 1.54) is 11.6 Å². The summed E-state index contributed by atoms with van der Waals surface area (Å²) in [6, 6.07) is 1.23. The Balaban J connectivity index is 2.70. The average Bonchev–Trinajstić information content (AvgIpc) is 2.32. The van der Waals surface area contributed by atoms with Gasteiger partial charge >= 0.3 is 0 Å². The van der Waals surface area contributed by atoms with Crippen LogP contribution >= 0.6 is 0 Å². The van der Waals surface area contributed by atoms with Crippen molar-refractivity contribution in [1.29, 1.82) is 0 Å². The van der Waals surface area contributed by atoms with Crippen LogP contribution in [0, 0.1) is 0 Å². The van der Waals surface area contributed by atoms with Gasteiger partial charge in [-0.1, -0.05) is 42.1 Å². The van der Waals surface area contributed by atoms with Crippen LogP contribution in [0.2, 0.25) is 19.1 Å². The molecule has 1 rings (SSSR count). The molecule has 0 aromatic rings. The predicted octanol–water partition coefficient (Wildman–Crippen LogP) is 3.70. The summed E-state index contributed by atoms with van der Waals surface area (Å²) in [6.07, 6.45) is 8.06. The quantitative estimate of drug-likeness (QED) is 0.456. The second-order valence-electron chi connectivity index (χ2n) is 4.32. The molecular formula is C11H18Si. The molecule has 0 amide bonds. The van der Waals surface area contributed by atoms with E-state index in [2.05, 4.69) is 44.8 Å². The third-order valence-corrected chi connectivity index (χ3v) is 5.72.